The quantitative estimate of drug-likeness (QED) is 0.842. The second-order valence-corrected chi connectivity index (χ2v) is 6.81. The van der Waals surface area contributed by atoms with Crippen molar-refractivity contribution in [2.24, 2.45) is 5.92 Å². The van der Waals surface area contributed by atoms with Crippen LogP contribution in [0.1, 0.15) is 37.2 Å². The summed E-state index contributed by atoms with van der Waals surface area (Å²) in [6, 6.07) is 10.9. The van der Waals surface area contributed by atoms with Gasteiger partial charge in [0.15, 0.2) is 0 Å². The van der Waals surface area contributed by atoms with E-state index in [0.717, 1.165) is 10.8 Å². The average Bonchev–Trinajstić information content (AvgIpc) is 3.10. The summed E-state index contributed by atoms with van der Waals surface area (Å²) in [6.07, 6.45) is 3.65. The van der Waals surface area contributed by atoms with Crippen molar-refractivity contribution in [3.8, 4) is 0 Å². The molecule has 1 heterocycles. The molecule has 2 unspecified atom stereocenters. The smallest absolute Gasteiger partial charge is 0.101 e. The molecule has 19 heavy (non-hydrogen) atoms. The van der Waals surface area contributed by atoms with Gasteiger partial charge >= 0.3 is 0 Å². The zero-order valence-corrected chi connectivity index (χ0v) is 12.1. The van der Waals surface area contributed by atoms with Gasteiger partial charge in [-0.2, -0.15) is 0 Å². The monoisotopic (exact) mass is 275 g/mol. The molecule has 1 aliphatic rings. The van der Waals surface area contributed by atoms with Crippen molar-refractivity contribution < 1.29 is 5.11 Å². The topological polar surface area (TPSA) is 32.3 Å². The van der Waals surface area contributed by atoms with Crippen molar-refractivity contribution in [2.75, 3.05) is 6.54 Å². The third-order valence-corrected chi connectivity index (χ3v) is 5.03. The van der Waals surface area contributed by atoms with Crippen LogP contribution in [0.2, 0.25) is 0 Å². The third kappa shape index (κ3) is 3.35. The van der Waals surface area contributed by atoms with Gasteiger partial charge in [0.25, 0.3) is 0 Å². The van der Waals surface area contributed by atoms with Crippen LogP contribution in [0.3, 0.4) is 0 Å². The van der Waals surface area contributed by atoms with Gasteiger partial charge in [-0.05, 0) is 36.8 Å². The van der Waals surface area contributed by atoms with E-state index in [9.17, 15) is 5.11 Å². The van der Waals surface area contributed by atoms with Crippen LogP contribution in [0.25, 0.3) is 10.1 Å². The number of aliphatic hydroxyl groups is 1. The lowest BCUT2D eigenvalue weighted by molar-refractivity contribution is 0.173. The van der Waals surface area contributed by atoms with Crippen LogP contribution in [0, 0.1) is 5.92 Å². The summed E-state index contributed by atoms with van der Waals surface area (Å²) in [7, 11) is 0. The molecule has 0 aliphatic heterocycles. The highest BCUT2D eigenvalue weighted by Crippen LogP contribution is 2.33. The van der Waals surface area contributed by atoms with E-state index in [1.807, 2.05) is 12.1 Å². The molecule has 2 nitrogen and oxygen atoms in total. The first-order valence-corrected chi connectivity index (χ1v) is 7.94. The third-order valence-electron chi connectivity index (χ3n) is 3.82. The van der Waals surface area contributed by atoms with Crippen molar-refractivity contribution in [1.82, 2.24) is 5.32 Å². The van der Waals surface area contributed by atoms with E-state index in [2.05, 4.69) is 30.4 Å². The van der Waals surface area contributed by atoms with E-state index in [1.54, 1.807) is 11.3 Å². The van der Waals surface area contributed by atoms with E-state index in [1.165, 1.54) is 29.3 Å². The van der Waals surface area contributed by atoms with Gasteiger partial charge in [-0.1, -0.05) is 31.0 Å². The van der Waals surface area contributed by atoms with Gasteiger partial charge in [-0.15, -0.1) is 11.3 Å². The molecule has 0 spiro atoms. The van der Waals surface area contributed by atoms with Gasteiger partial charge in [-0.25, -0.2) is 0 Å². The minimum absolute atomic E-state index is 0.390. The Bertz CT molecular complexity index is 513. The minimum Gasteiger partial charge on any atom is -0.386 e. The van der Waals surface area contributed by atoms with Crippen molar-refractivity contribution >= 4 is 21.4 Å². The summed E-state index contributed by atoms with van der Waals surface area (Å²) in [5.41, 5.74) is 0. The molecule has 2 atom stereocenters. The molecular formula is C16H21NOS. The molecule has 1 fully saturated rings. The highest BCUT2D eigenvalue weighted by molar-refractivity contribution is 7.19. The van der Waals surface area contributed by atoms with E-state index >= 15 is 0 Å². The second kappa shape index (κ2) is 5.61. The summed E-state index contributed by atoms with van der Waals surface area (Å²) < 4.78 is 1.25. The summed E-state index contributed by atoms with van der Waals surface area (Å²) in [5.74, 6) is 0.934. The Hall–Kier alpha value is -0.900. The fraction of sp³-hybridized carbons (Fsp3) is 0.500. The summed E-state index contributed by atoms with van der Waals surface area (Å²) >= 11 is 1.69. The fourth-order valence-corrected chi connectivity index (χ4v) is 3.57. The number of fused-ring (bicyclic) bond motifs is 1. The number of rotatable bonds is 6. The Morgan fingerprint density at radius 1 is 1.37 bits per heavy atom. The lowest BCUT2D eigenvalue weighted by atomic mass is 10.1. The molecule has 2 N–H and O–H groups in total. The number of aliphatic hydroxyl groups excluding tert-OH is 1. The van der Waals surface area contributed by atoms with Crippen LogP contribution in [0.15, 0.2) is 30.3 Å². The molecule has 102 valence electrons. The number of thiophene rings is 1. The SMILES string of the molecule is CC(CC1CC1)NCC(O)c1cc2ccccc2s1. The van der Waals surface area contributed by atoms with Gasteiger partial charge in [0.2, 0.25) is 0 Å². The Morgan fingerprint density at radius 2 is 2.16 bits per heavy atom. The molecule has 1 aromatic carbocycles. The average molecular weight is 275 g/mol. The number of hydrogen-bond acceptors (Lipinski definition) is 3. The van der Waals surface area contributed by atoms with Crippen molar-refractivity contribution in [1.29, 1.82) is 0 Å². The van der Waals surface area contributed by atoms with E-state index < -0.39 is 0 Å². The molecule has 0 saturated heterocycles. The van der Waals surface area contributed by atoms with Gasteiger partial charge in [0.1, 0.15) is 6.10 Å². The Morgan fingerprint density at radius 3 is 2.89 bits per heavy atom. The van der Waals surface area contributed by atoms with Crippen molar-refractivity contribution in [2.45, 2.75) is 38.3 Å². The van der Waals surface area contributed by atoms with Crippen LogP contribution >= 0.6 is 11.3 Å². The molecule has 3 rings (SSSR count). The van der Waals surface area contributed by atoms with E-state index in [0.29, 0.717) is 12.6 Å². The van der Waals surface area contributed by atoms with Gasteiger partial charge in [0.05, 0.1) is 0 Å². The highest BCUT2D eigenvalue weighted by atomic mass is 32.1. The summed E-state index contributed by atoms with van der Waals surface area (Å²) in [6.45, 7) is 2.87. The van der Waals surface area contributed by atoms with Gasteiger partial charge in [-0.3, -0.25) is 0 Å². The molecule has 0 amide bonds. The molecule has 2 aromatic rings. The number of benzene rings is 1. The second-order valence-electron chi connectivity index (χ2n) is 5.69. The molecular weight excluding hydrogens is 254 g/mol. The Balaban J connectivity index is 1.57. The molecule has 0 radical (unpaired) electrons. The van der Waals surface area contributed by atoms with Gasteiger partial charge < -0.3 is 10.4 Å². The number of hydrogen-bond donors (Lipinski definition) is 2. The lowest BCUT2D eigenvalue weighted by Gasteiger charge is -2.16. The first-order valence-electron chi connectivity index (χ1n) is 7.12. The van der Waals surface area contributed by atoms with Crippen LogP contribution in [0.4, 0.5) is 0 Å². The first-order chi connectivity index (χ1) is 9.22. The molecule has 1 saturated carbocycles. The summed E-state index contributed by atoms with van der Waals surface area (Å²) in [4.78, 5) is 1.06. The molecule has 1 aromatic heterocycles. The highest BCUT2D eigenvalue weighted by Gasteiger charge is 2.23. The molecule has 3 heteroatoms. The van der Waals surface area contributed by atoms with Crippen LogP contribution in [-0.4, -0.2) is 17.7 Å². The first kappa shape index (κ1) is 13.1. The maximum atomic E-state index is 10.3. The standard InChI is InChI=1S/C16H21NOS/c1-11(8-12-6-7-12)17-10-14(18)16-9-13-4-2-3-5-15(13)19-16/h2-5,9,11-12,14,17-18H,6-8,10H2,1H3. The van der Waals surface area contributed by atoms with Crippen LogP contribution in [0.5, 0.6) is 0 Å². The zero-order valence-electron chi connectivity index (χ0n) is 11.3. The predicted molar refractivity (Wildman–Crippen MR) is 81.6 cm³/mol. The molecule has 1 aliphatic carbocycles. The lowest BCUT2D eigenvalue weighted by Crippen LogP contribution is -2.30. The van der Waals surface area contributed by atoms with Gasteiger partial charge in [0, 0.05) is 22.2 Å². The zero-order chi connectivity index (χ0) is 13.2. The number of nitrogens with one attached hydrogen (secondary N) is 1. The maximum absolute atomic E-state index is 10.3. The van der Waals surface area contributed by atoms with Crippen molar-refractivity contribution in [3.05, 3.63) is 35.2 Å². The minimum atomic E-state index is -0.390. The largest absolute Gasteiger partial charge is 0.386 e. The summed E-state index contributed by atoms with van der Waals surface area (Å²) in [5, 5.41) is 15.0. The predicted octanol–water partition coefficient (Wildman–Crippen LogP) is 3.71. The Labute approximate surface area is 118 Å². The van der Waals surface area contributed by atoms with Crippen LogP contribution < -0.4 is 5.32 Å². The van der Waals surface area contributed by atoms with Crippen LogP contribution in [-0.2, 0) is 0 Å². The van der Waals surface area contributed by atoms with Crippen molar-refractivity contribution in [3.63, 3.8) is 0 Å². The van der Waals surface area contributed by atoms with E-state index in [-0.39, 0.29) is 6.10 Å². The van der Waals surface area contributed by atoms with E-state index in [4.69, 9.17) is 0 Å². The fourth-order valence-electron chi connectivity index (χ4n) is 2.52. The Kier molecular flexibility index (Phi) is 3.87. The maximum Gasteiger partial charge on any atom is 0.101 e. The normalized spacial score (nSPS) is 18.6. The molecule has 0 bridgehead atoms.